The molecular weight excluding hydrogens is 301 g/mol. The van der Waals surface area contributed by atoms with E-state index in [1.54, 1.807) is 31.3 Å². The quantitative estimate of drug-likeness (QED) is 0.552. The monoisotopic (exact) mass is 317 g/mol. The number of phenolic OH excluding ortho intramolecular Hbond substituents is 2. The van der Waals surface area contributed by atoms with Crippen LogP contribution < -0.4 is 4.81 Å². The Morgan fingerprint density at radius 3 is 2.29 bits per heavy atom. The number of phenols is 2. The first-order valence-corrected chi connectivity index (χ1v) is 7.41. The molecule has 24 heavy (non-hydrogen) atoms. The number of hydrogen-bond acceptors (Lipinski definition) is 5. The van der Waals surface area contributed by atoms with Gasteiger partial charge >= 0.3 is 0 Å². The van der Waals surface area contributed by atoms with Crippen LogP contribution in [-0.4, -0.2) is 25.2 Å². The van der Waals surface area contributed by atoms with Crippen LogP contribution in [0.15, 0.2) is 58.8 Å². The zero-order chi connectivity index (χ0) is 17.3. The fraction of sp³-hybridized carbons (Fsp3) is 0.111. The molecule has 3 rings (SSSR count). The minimum atomic E-state index is 0.0200. The number of nitrogens with zero attached hydrogens (tertiary/aromatic N) is 3. The molecule has 0 unspecified atom stereocenters. The van der Waals surface area contributed by atoms with Crippen LogP contribution in [0.3, 0.4) is 0 Å². The summed E-state index contributed by atoms with van der Waals surface area (Å²) in [5.74, 6) is 0.0672. The maximum atomic E-state index is 10.5. The van der Waals surface area contributed by atoms with Crippen molar-refractivity contribution in [2.24, 2.45) is 10.2 Å². The van der Waals surface area contributed by atoms with Crippen molar-refractivity contribution in [2.45, 2.75) is 6.92 Å². The summed E-state index contributed by atoms with van der Waals surface area (Å²) < 4.78 is 0. The third-order valence-corrected chi connectivity index (χ3v) is 3.76. The van der Waals surface area contributed by atoms with Crippen molar-refractivity contribution in [1.29, 1.82) is 0 Å². The Bertz CT molecular complexity index is 939. The highest BCUT2D eigenvalue weighted by Crippen LogP contribution is 2.38. The first kappa shape index (κ1) is 15.9. The minimum Gasteiger partial charge on any atom is -0.506 e. The number of aryl methyl sites for hydroxylation is 1. The van der Waals surface area contributed by atoms with Crippen molar-refractivity contribution in [1.82, 2.24) is 0 Å². The second-order valence-corrected chi connectivity index (χ2v) is 5.64. The number of azo groups is 1. The van der Waals surface area contributed by atoms with Crippen LogP contribution in [0, 0.1) is 6.92 Å². The van der Waals surface area contributed by atoms with E-state index in [0.29, 0.717) is 16.8 Å². The summed E-state index contributed by atoms with van der Waals surface area (Å²) in [6, 6.07) is 14.2. The first-order chi connectivity index (χ1) is 11.5. The van der Waals surface area contributed by atoms with Crippen molar-refractivity contribution < 1.29 is 10.2 Å². The summed E-state index contributed by atoms with van der Waals surface area (Å²) in [7, 11) is 7.46. The van der Waals surface area contributed by atoms with Crippen molar-refractivity contribution >= 4 is 35.8 Å². The molecule has 2 N–H and O–H groups in total. The third kappa shape index (κ3) is 3.03. The summed E-state index contributed by atoms with van der Waals surface area (Å²) in [5, 5.41) is 29.9. The predicted octanol–water partition coefficient (Wildman–Crippen LogP) is 4.49. The second-order valence-electron chi connectivity index (χ2n) is 5.64. The zero-order valence-corrected chi connectivity index (χ0v) is 13.4. The molecule has 0 spiro atoms. The van der Waals surface area contributed by atoms with Gasteiger partial charge in [0.1, 0.15) is 17.1 Å². The Morgan fingerprint density at radius 1 is 0.917 bits per heavy atom. The van der Waals surface area contributed by atoms with Crippen LogP contribution in [-0.2, 0) is 0 Å². The molecule has 0 aromatic heterocycles. The fourth-order valence-electron chi connectivity index (χ4n) is 2.41. The van der Waals surface area contributed by atoms with Crippen LogP contribution in [0.5, 0.6) is 11.5 Å². The van der Waals surface area contributed by atoms with Gasteiger partial charge in [0, 0.05) is 11.1 Å². The van der Waals surface area contributed by atoms with Crippen LogP contribution in [0.1, 0.15) is 5.56 Å². The maximum Gasteiger partial charge on any atom is 0.226 e. The molecule has 0 atom stereocenters. The lowest BCUT2D eigenvalue weighted by Gasteiger charge is -2.14. The molecule has 118 valence electrons. The molecule has 6 heteroatoms. The van der Waals surface area contributed by atoms with Gasteiger partial charge in [-0.05, 0) is 55.3 Å². The summed E-state index contributed by atoms with van der Waals surface area (Å²) in [4.78, 5) is 1.47. The molecule has 0 aliphatic carbocycles. The Morgan fingerprint density at radius 2 is 1.58 bits per heavy atom. The van der Waals surface area contributed by atoms with Gasteiger partial charge in [-0.3, -0.25) is 0 Å². The van der Waals surface area contributed by atoms with E-state index in [0.717, 1.165) is 16.6 Å². The standard InChI is InChI=1S/C18H16BN3O2/c1-11-3-7-15(17(23)9-11)20-21-16-8-5-12-4-6-13(22(2)19)10-14(12)18(16)24/h3-10,23-24H,1-2H3. The van der Waals surface area contributed by atoms with Gasteiger partial charge in [0.25, 0.3) is 0 Å². The predicted molar refractivity (Wildman–Crippen MR) is 96.8 cm³/mol. The Hall–Kier alpha value is -3.02. The summed E-state index contributed by atoms with van der Waals surface area (Å²) >= 11 is 0. The second kappa shape index (κ2) is 6.24. The normalized spacial score (nSPS) is 11.2. The van der Waals surface area contributed by atoms with Gasteiger partial charge in [-0.15, -0.1) is 10.2 Å². The van der Waals surface area contributed by atoms with Crippen LogP contribution >= 0.6 is 0 Å². The number of anilines is 1. The lowest BCUT2D eigenvalue weighted by atomic mass is 10.1. The van der Waals surface area contributed by atoms with E-state index in [1.165, 1.54) is 4.81 Å². The molecule has 0 saturated heterocycles. The summed E-state index contributed by atoms with van der Waals surface area (Å²) in [5.41, 5.74) is 2.36. The smallest absolute Gasteiger partial charge is 0.226 e. The van der Waals surface area contributed by atoms with Crippen LogP contribution in [0.25, 0.3) is 10.8 Å². The molecule has 5 nitrogen and oxygen atoms in total. The Kier molecular flexibility index (Phi) is 4.12. The molecule has 0 heterocycles. The average Bonchev–Trinajstić information content (AvgIpc) is 2.55. The molecule has 0 aliphatic heterocycles. The van der Waals surface area contributed by atoms with E-state index < -0.39 is 0 Å². The summed E-state index contributed by atoms with van der Waals surface area (Å²) in [6.45, 7) is 1.88. The highest BCUT2D eigenvalue weighted by atomic mass is 16.3. The van der Waals surface area contributed by atoms with Gasteiger partial charge in [0.2, 0.25) is 7.98 Å². The molecule has 2 radical (unpaired) electrons. The van der Waals surface area contributed by atoms with Gasteiger partial charge in [-0.1, -0.05) is 18.2 Å². The van der Waals surface area contributed by atoms with E-state index in [1.807, 2.05) is 31.2 Å². The lowest BCUT2D eigenvalue weighted by Crippen LogP contribution is -2.10. The highest BCUT2D eigenvalue weighted by molar-refractivity contribution is 6.18. The van der Waals surface area contributed by atoms with Crippen molar-refractivity contribution in [3.8, 4) is 11.5 Å². The zero-order valence-electron chi connectivity index (χ0n) is 13.4. The maximum absolute atomic E-state index is 10.5. The van der Waals surface area contributed by atoms with Crippen molar-refractivity contribution in [2.75, 3.05) is 11.9 Å². The number of fused-ring (bicyclic) bond motifs is 1. The van der Waals surface area contributed by atoms with E-state index in [2.05, 4.69) is 10.2 Å². The summed E-state index contributed by atoms with van der Waals surface area (Å²) in [6.07, 6.45) is 0. The van der Waals surface area contributed by atoms with Crippen molar-refractivity contribution in [3.63, 3.8) is 0 Å². The van der Waals surface area contributed by atoms with Crippen LogP contribution in [0.4, 0.5) is 17.1 Å². The minimum absolute atomic E-state index is 0.0200. The lowest BCUT2D eigenvalue weighted by molar-refractivity contribution is 0.475. The van der Waals surface area contributed by atoms with Gasteiger partial charge in [0.05, 0.1) is 0 Å². The van der Waals surface area contributed by atoms with Crippen molar-refractivity contribution in [3.05, 3.63) is 54.1 Å². The fourth-order valence-corrected chi connectivity index (χ4v) is 2.41. The topological polar surface area (TPSA) is 68.4 Å². The third-order valence-electron chi connectivity index (χ3n) is 3.76. The molecular formula is C18H16BN3O2. The molecule has 3 aromatic carbocycles. The molecule has 0 aliphatic rings. The molecule has 0 amide bonds. The SMILES string of the molecule is [B]N(C)c1ccc2ccc(N=Nc3ccc(C)cc3O)c(O)c2c1. The largest absolute Gasteiger partial charge is 0.506 e. The molecule has 0 bridgehead atoms. The first-order valence-electron chi connectivity index (χ1n) is 7.41. The van der Waals surface area contributed by atoms with E-state index in [9.17, 15) is 10.2 Å². The Labute approximate surface area is 141 Å². The van der Waals surface area contributed by atoms with E-state index in [-0.39, 0.29) is 11.5 Å². The number of hydrogen-bond donors (Lipinski definition) is 2. The van der Waals surface area contributed by atoms with Gasteiger partial charge < -0.3 is 15.0 Å². The number of benzene rings is 3. The molecule has 0 fully saturated rings. The number of rotatable bonds is 3. The average molecular weight is 317 g/mol. The van der Waals surface area contributed by atoms with Crippen LogP contribution in [0.2, 0.25) is 0 Å². The van der Waals surface area contributed by atoms with E-state index in [4.69, 9.17) is 7.98 Å². The van der Waals surface area contributed by atoms with Gasteiger partial charge in [-0.25, -0.2) is 0 Å². The molecule has 3 aromatic rings. The molecule has 0 saturated carbocycles. The van der Waals surface area contributed by atoms with Gasteiger partial charge in [-0.2, -0.15) is 0 Å². The van der Waals surface area contributed by atoms with E-state index >= 15 is 0 Å². The number of aromatic hydroxyl groups is 2. The Balaban J connectivity index is 2.03. The highest BCUT2D eigenvalue weighted by Gasteiger charge is 2.08. The van der Waals surface area contributed by atoms with Gasteiger partial charge in [0.15, 0.2) is 5.75 Å².